The third-order valence-corrected chi connectivity index (χ3v) is 5.73. The van der Waals surface area contributed by atoms with Crippen molar-refractivity contribution in [1.82, 2.24) is 4.72 Å². The van der Waals surface area contributed by atoms with Crippen LogP contribution < -0.4 is 9.62 Å². The van der Waals surface area contributed by atoms with Crippen molar-refractivity contribution in [3.63, 3.8) is 0 Å². The number of sulfonamides is 1. The van der Waals surface area contributed by atoms with Crippen molar-refractivity contribution < 1.29 is 17.9 Å². The average molecular weight is 368 g/mol. The van der Waals surface area contributed by atoms with Crippen molar-refractivity contribution in [1.29, 1.82) is 0 Å². The summed E-state index contributed by atoms with van der Waals surface area (Å²) in [6.07, 6.45) is 1.11. The van der Waals surface area contributed by atoms with Crippen LogP contribution in [0.25, 0.3) is 0 Å². The van der Waals surface area contributed by atoms with Crippen LogP contribution in [0.15, 0.2) is 24.3 Å². The van der Waals surface area contributed by atoms with E-state index in [0.717, 1.165) is 12.1 Å². The van der Waals surface area contributed by atoms with Gasteiger partial charge in [-0.15, -0.1) is 0 Å². The van der Waals surface area contributed by atoms with E-state index >= 15 is 0 Å². The summed E-state index contributed by atoms with van der Waals surface area (Å²) in [6.45, 7) is 6.68. The number of rotatable bonds is 8. The summed E-state index contributed by atoms with van der Waals surface area (Å²) in [7, 11) is -3.29. The van der Waals surface area contributed by atoms with Crippen LogP contribution in [0.1, 0.15) is 45.1 Å². The number of benzene rings is 1. The molecule has 0 aliphatic carbocycles. The summed E-state index contributed by atoms with van der Waals surface area (Å²) in [4.78, 5) is 13.8. The second-order valence-corrected chi connectivity index (χ2v) is 8.63. The molecule has 140 valence electrons. The molecule has 0 bridgehead atoms. The highest BCUT2D eigenvalue weighted by molar-refractivity contribution is 7.89. The second-order valence-electron chi connectivity index (χ2n) is 6.70. The van der Waals surface area contributed by atoms with Gasteiger partial charge >= 0.3 is 0 Å². The van der Waals surface area contributed by atoms with Crippen LogP contribution in [0.2, 0.25) is 0 Å². The third-order valence-electron chi connectivity index (χ3n) is 4.30. The lowest BCUT2D eigenvalue weighted by Crippen LogP contribution is -2.50. The van der Waals surface area contributed by atoms with Gasteiger partial charge in [-0.05, 0) is 30.0 Å². The van der Waals surface area contributed by atoms with Crippen LogP contribution in [-0.4, -0.2) is 45.9 Å². The molecule has 1 aromatic rings. The molecule has 1 saturated heterocycles. The van der Waals surface area contributed by atoms with E-state index in [-0.39, 0.29) is 30.9 Å². The molecule has 1 atom stereocenters. The van der Waals surface area contributed by atoms with Crippen molar-refractivity contribution in [2.45, 2.75) is 45.6 Å². The SMILES string of the molecule is CCCCS(=O)(=O)NCC1CN(c2ccc(C(C)C)cc2)C(=O)CO1. The van der Waals surface area contributed by atoms with Gasteiger partial charge < -0.3 is 9.64 Å². The lowest BCUT2D eigenvalue weighted by atomic mass is 10.0. The van der Waals surface area contributed by atoms with E-state index in [4.69, 9.17) is 4.74 Å². The second kappa shape index (κ2) is 8.78. The first-order valence-electron chi connectivity index (χ1n) is 8.81. The van der Waals surface area contributed by atoms with E-state index in [2.05, 4.69) is 18.6 Å². The summed E-state index contributed by atoms with van der Waals surface area (Å²) in [5.74, 6) is 0.442. The predicted molar refractivity (Wildman–Crippen MR) is 99.3 cm³/mol. The maximum absolute atomic E-state index is 12.2. The third kappa shape index (κ3) is 5.80. The minimum Gasteiger partial charge on any atom is -0.365 e. The fourth-order valence-electron chi connectivity index (χ4n) is 2.66. The zero-order valence-corrected chi connectivity index (χ0v) is 16.0. The highest BCUT2D eigenvalue weighted by Gasteiger charge is 2.28. The summed E-state index contributed by atoms with van der Waals surface area (Å²) >= 11 is 0. The molecule has 1 unspecified atom stereocenters. The number of carbonyl (C=O) groups excluding carboxylic acids is 1. The van der Waals surface area contributed by atoms with Gasteiger partial charge in [0.1, 0.15) is 6.61 Å². The van der Waals surface area contributed by atoms with Crippen LogP contribution >= 0.6 is 0 Å². The number of ether oxygens (including phenoxy) is 1. The highest BCUT2D eigenvalue weighted by Crippen LogP contribution is 2.22. The monoisotopic (exact) mass is 368 g/mol. The molecule has 7 heteroatoms. The van der Waals surface area contributed by atoms with Gasteiger partial charge in [-0.3, -0.25) is 4.79 Å². The maximum Gasteiger partial charge on any atom is 0.253 e. The van der Waals surface area contributed by atoms with E-state index in [0.29, 0.717) is 18.9 Å². The van der Waals surface area contributed by atoms with Crippen LogP contribution in [0, 0.1) is 0 Å². The first kappa shape index (κ1) is 19.9. The van der Waals surface area contributed by atoms with Crippen molar-refractivity contribution >= 4 is 21.6 Å². The zero-order chi connectivity index (χ0) is 18.4. The van der Waals surface area contributed by atoms with E-state index in [1.165, 1.54) is 5.56 Å². The van der Waals surface area contributed by atoms with E-state index in [9.17, 15) is 13.2 Å². The number of nitrogens with one attached hydrogen (secondary N) is 1. The molecule has 0 spiro atoms. The maximum atomic E-state index is 12.2. The van der Waals surface area contributed by atoms with E-state index in [1.54, 1.807) is 4.90 Å². The molecule has 25 heavy (non-hydrogen) atoms. The number of unbranched alkanes of at least 4 members (excludes halogenated alkanes) is 1. The smallest absolute Gasteiger partial charge is 0.253 e. The Labute approximate surface area is 150 Å². The van der Waals surface area contributed by atoms with Crippen molar-refractivity contribution in [2.24, 2.45) is 0 Å². The Bertz CT molecular complexity index is 671. The van der Waals surface area contributed by atoms with Crippen molar-refractivity contribution in [3.8, 4) is 0 Å². The Kier molecular flexibility index (Phi) is 6.98. The molecule has 1 amide bonds. The summed E-state index contributed by atoms with van der Waals surface area (Å²) in [5, 5.41) is 0. The Morgan fingerprint density at radius 2 is 1.96 bits per heavy atom. The Morgan fingerprint density at radius 1 is 1.28 bits per heavy atom. The van der Waals surface area contributed by atoms with Crippen molar-refractivity contribution in [3.05, 3.63) is 29.8 Å². The molecule has 1 aromatic carbocycles. The van der Waals surface area contributed by atoms with Gasteiger partial charge in [-0.25, -0.2) is 13.1 Å². The van der Waals surface area contributed by atoms with Crippen LogP contribution in [-0.2, 0) is 19.6 Å². The molecule has 6 nitrogen and oxygen atoms in total. The van der Waals surface area contributed by atoms with Gasteiger partial charge in [0.15, 0.2) is 0 Å². The summed E-state index contributed by atoms with van der Waals surface area (Å²) < 4.78 is 31.9. The topological polar surface area (TPSA) is 75.7 Å². The molecule has 1 heterocycles. The normalized spacial score (nSPS) is 18.8. The molecule has 0 radical (unpaired) electrons. The fraction of sp³-hybridized carbons (Fsp3) is 0.611. The minimum atomic E-state index is -3.29. The Balaban J connectivity index is 1.98. The number of nitrogens with zero attached hydrogens (tertiary/aromatic N) is 1. The molecule has 1 fully saturated rings. The van der Waals surface area contributed by atoms with E-state index < -0.39 is 10.0 Å². The zero-order valence-electron chi connectivity index (χ0n) is 15.2. The molecule has 1 aliphatic rings. The average Bonchev–Trinajstić information content (AvgIpc) is 2.59. The molecule has 2 rings (SSSR count). The van der Waals surface area contributed by atoms with E-state index in [1.807, 2.05) is 31.2 Å². The van der Waals surface area contributed by atoms with Crippen LogP contribution in [0.5, 0.6) is 0 Å². The quantitative estimate of drug-likeness (QED) is 0.764. The first-order chi connectivity index (χ1) is 11.8. The first-order valence-corrected chi connectivity index (χ1v) is 10.5. The highest BCUT2D eigenvalue weighted by atomic mass is 32.2. The molecule has 0 saturated carbocycles. The predicted octanol–water partition coefficient (Wildman–Crippen LogP) is 2.26. The number of morpholine rings is 1. The lowest BCUT2D eigenvalue weighted by molar-refractivity contribution is -0.129. The molecule has 0 aromatic heterocycles. The van der Waals surface area contributed by atoms with Gasteiger partial charge in [0.05, 0.1) is 18.4 Å². The number of amides is 1. The number of hydrogen-bond acceptors (Lipinski definition) is 4. The molecule has 1 aliphatic heterocycles. The van der Waals surface area contributed by atoms with Gasteiger partial charge in [-0.2, -0.15) is 0 Å². The van der Waals surface area contributed by atoms with Crippen LogP contribution in [0.3, 0.4) is 0 Å². The number of carbonyl (C=O) groups is 1. The Hall–Kier alpha value is -1.44. The summed E-state index contributed by atoms with van der Waals surface area (Å²) in [5.41, 5.74) is 2.03. The van der Waals surface area contributed by atoms with Crippen LogP contribution in [0.4, 0.5) is 5.69 Å². The Morgan fingerprint density at radius 3 is 2.56 bits per heavy atom. The van der Waals surface area contributed by atoms with Gasteiger partial charge in [0, 0.05) is 12.2 Å². The standard InChI is InChI=1S/C18H28N2O4S/c1-4-5-10-25(22,23)19-11-17-12-20(18(21)13-24-17)16-8-6-15(7-9-16)14(2)3/h6-9,14,17,19H,4-5,10-13H2,1-3H3. The molecular weight excluding hydrogens is 340 g/mol. The largest absolute Gasteiger partial charge is 0.365 e. The molecule has 1 N–H and O–H groups in total. The minimum absolute atomic E-state index is 0.0344. The fourth-order valence-corrected chi connectivity index (χ4v) is 3.92. The van der Waals surface area contributed by atoms with Gasteiger partial charge in [0.2, 0.25) is 10.0 Å². The number of hydrogen-bond donors (Lipinski definition) is 1. The molecular formula is C18H28N2O4S. The lowest BCUT2D eigenvalue weighted by Gasteiger charge is -2.33. The van der Waals surface area contributed by atoms with Gasteiger partial charge in [0.25, 0.3) is 5.91 Å². The summed E-state index contributed by atoms with van der Waals surface area (Å²) in [6, 6.07) is 7.90. The van der Waals surface area contributed by atoms with Gasteiger partial charge in [-0.1, -0.05) is 39.3 Å². The number of anilines is 1. The van der Waals surface area contributed by atoms with Crippen molar-refractivity contribution in [2.75, 3.05) is 30.3 Å².